The standard InChI is InChI=1S/C41H64O17S.Na/c1-19-27(43)29(45)30(46)32(53-19)55-31-28(44)22(58-59(49,50)51)18-52-33(31)54-25-12-14-37(6)21-17-24(42)41-34(47)57-39(8,26-11-13-35(2,3)56-26)40(41,48)16-15-38(41,7)20(21)9-10-23(37)36(25,4)5;/h17,19-20,22-33,42-46,48H,9-16,18H2,1-8H3,(H,49,50,51);/q;+1/p-1/t19-,20?,22-,23?,24?,25+,26+,27-,28+,29+,30-,31-,32+,33+,37-,38?,39-,40+,41?;/m1./s1. The zero-order chi connectivity index (χ0) is 43.3. The van der Waals surface area contributed by atoms with E-state index in [9.17, 15) is 48.4 Å². The molecular formula is C41H63NaO17S. The molecule has 4 aliphatic carbocycles. The molecule has 1 spiro atoms. The Morgan fingerprint density at radius 1 is 0.833 bits per heavy atom. The van der Waals surface area contributed by atoms with Gasteiger partial charge in [0.2, 0.25) is 10.4 Å². The van der Waals surface area contributed by atoms with Crippen molar-refractivity contribution in [1.29, 1.82) is 0 Å². The summed E-state index contributed by atoms with van der Waals surface area (Å²) in [6.07, 6.45) is -10.0. The van der Waals surface area contributed by atoms with E-state index in [0.717, 1.165) is 12.0 Å². The number of hydrogen-bond acceptors (Lipinski definition) is 17. The molecule has 19 heteroatoms. The molecule has 60 heavy (non-hydrogen) atoms. The van der Waals surface area contributed by atoms with Crippen molar-refractivity contribution < 1.29 is 111 Å². The van der Waals surface area contributed by atoms with E-state index >= 15 is 0 Å². The van der Waals surface area contributed by atoms with Crippen molar-refractivity contribution in [3.63, 3.8) is 0 Å². The average Bonchev–Trinajstić information content (AvgIpc) is 3.70. The van der Waals surface area contributed by atoms with Gasteiger partial charge in [-0.2, -0.15) is 0 Å². The topological polar surface area (TPSA) is 260 Å². The van der Waals surface area contributed by atoms with Crippen molar-refractivity contribution >= 4 is 16.4 Å². The van der Waals surface area contributed by atoms with Crippen molar-refractivity contribution in [2.24, 2.45) is 33.5 Å². The van der Waals surface area contributed by atoms with Gasteiger partial charge in [-0.1, -0.05) is 39.3 Å². The van der Waals surface area contributed by atoms with Gasteiger partial charge >= 0.3 is 35.5 Å². The minimum atomic E-state index is -5.29. The Balaban J connectivity index is 0.00000544. The summed E-state index contributed by atoms with van der Waals surface area (Å²) in [5, 5.41) is 68.1. The van der Waals surface area contributed by atoms with Crippen LogP contribution in [0.15, 0.2) is 11.6 Å². The molecule has 17 nitrogen and oxygen atoms in total. The van der Waals surface area contributed by atoms with Gasteiger partial charge in [-0.05, 0) is 107 Å². The molecule has 4 heterocycles. The molecule has 0 aromatic rings. The minimum Gasteiger partial charge on any atom is -0.726 e. The van der Waals surface area contributed by atoms with E-state index in [1.165, 1.54) is 6.92 Å². The quantitative estimate of drug-likeness (QED) is 0.0407. The van der Waals surface area contributed by atoms with E-state index in [1.54, 1.807) is 6.92 Å². The average molecular weight is 883 g/mol. The number of cyclic esters (lactones) is 1. The fourth-order valence-electron chi connectivity index (χ4n) is 13.7. The maximum Gasteiger partial charge on any atom is 1.00 e. The van der Waals surface area contributed by atoms with Crippen LogP contribution in [0.1, 0.15) is 107 Å². The molecule has 0 radical (unpaired) electrons. The van der Waals surface area contributed by atoms with Crippen LogP contribution < -0.4 is 29.6 Å². The maximum atomic E-state index is 14.5. The molecule has 6 N–H and O–H groups in total. The van der Waals surface area contributed by atoms with Crippen LogP contribution in [0.25, 0.3) is 0 Å². The third-order valence-corrected chi connectivity index (χ3v) is 17.4. The van der Waals surface area contributed by atoms with Crippen LogP contribution in [0.3, 0.4) is 0 Å². The van der Waals surface area contributed by atoms with Crippen LogP contribution in [0.4, 0.5) is 0 Å². The van der Waals surface area contributed by atoms with Gasteiger partial charge in [-0.3, -0.25) is 8.98 Å². The summed E-state index contributed by atoms with van der Waals surface area (Å²) in [6, 6.07) is 0. The summed E-state index contributed by atoms with van der Waals surface area (Å²) in [4.78, 5) is 14.5. The van der Waals surface area contributed by atoms with E-state index in [2.05, 4.69) is 25.0 Å². The van der Waals surface area contributed by atoms with E-state index in [4.69, 9.17) is 28.4 Å². The van der Waals surface area contributed by atoms with Crippen molar-refractivity contribution in [3.8, 4) is 0 Å². The smallest absolute Gasteiger partial charge is 0.726 e. The molecule has 8 rings (SSSR count). The molecule has 0 aromatic carbocycles. The van der Waals surface area contributed by atoms with Crippen molar-refractivity contribution in [3.05, 3.63) is 11.6 Å². The van der Waals surface area contributed by atoms with Gasteiger partial charge in [-0.15, -0.1) is 0 Å². The molecule has 4 saturated heterocycles. The number of carbonyl (C=O) groups excluding carboxylic acids is 1. The second-order valence-electron chi connectivity index (χ2n) is 20.7. The molecule has 7 fully saturated rings. The van der Waals surface area contributed by atoms with Gasteiger partial charge in [-0.25, -0.2) is 8.42 Å². The Morgan fingerprint density at radius 3 is 2.15 bits per heavy atom. The SMILES string of the molecule is C[C@H]1O[C@@H](O[C@H]2[C@H](O[C@H]3CC[C@]4(C)C5=CC(O)C67C(=O)O[C@](C)([C@@H]8CCC(C)(C)O8)[C@@]6(O)CCC7(C)C5CCC4C3(C)C)OC[C@@H](OS(=O)(=O)[O-])[C@@H]2O)[C@H](O)[C@@H](O)[C@@H]1O.[Na+]. The number of allylic oxidation sites excluding steroid dienone is 1. The van der Waals surface area contributed by atoms with Gasteiger partial charge in [0.1, 0.15) is 53.7 Å². The third-order valence-electron chi connectivity index (χ3n) is 16.9. The van der Waals surface area contributed by atoms with Gasteiger partial charge in [0, 0.05) is 0 Å². The van der Waals surface area contributed by atoms with Gasteiger partial charge < -0.3 is 63.6 Å². The summed E-state index contributed by atoms with van der Waals surface area (Å²) >= 11 is 0. The van der Waals surface area contributed by atoms with Crippen molar-refractivity contribution in [1.82, 2.24) is 0 Å². The monoisotopic (exact) mass is 882 g/mol. The molecule has 336 valence electrons. The Bertz CT molecular complexity index is 1830. The molecule has 5 unspecified atom stereocenters. The third kappa shape index (κ3) is 6.66. The second-order valence-corrected chi connectivity index (χ2v) is 21.7. The van der Waals surface area contributed by atoms with Crippen molar-refractivity contribution in [2.75, 3.05) is 6.61 Å². The minimum absolute atomic E-state index is 0. The Kier molecular flexibility index (Phi) is 12.2. The van der Waals surface area contributed by atoms with E-state index in [0.29, 0.717) is 38.5 Å². The molecule has 3 saturated carbocycles. The first-order valence-electron chi connectivity index (χ1n) is 21.2. The largest absolute Gasteiger partial charge is 1.00 e. The van der Waals surface area contributed by atoms with Crippen LogP contribution in [-0.2, 0) is 47.8 Å². The maximum absolute atomic E-state index is 14.5. The number of rotatable bonds is 7. The van der Waals surface area contributed by atoms with Crippen LogP contribution in [0.5, 0.6) is 0 Å². The van der Waals surface area contributed by atoms with Crippen molar-refractivity contribution in [2.45, 2.75) is 197 Å². The number of ether oxygens (including phenoxy) is 6. The Hall–Kier alpha value is -0.360. The Morgan fingerprint density at radius 2 is 1.52 bits per heavy atom. The fourth-order valence-corrected chi connectivity index (χ4v) is 14.2. The first-order chi connectivity index (χ1) is 27.2. The van der Waals surface area contributed by atoms with Crippen LogP contribution in [0.2, 0.25) is 0 Å². The summed E-state index contributed by atoms with van der Waals surface area (Å²) in [7, 11) is -5.29. The van der Waals surface area contributed by atoms with Crippen LogP contribution in [0, 0.1) is 33.5 Å². The number of fused-ring (bicyclic) bond motifs is 4. The molecule has 19 atom stereocenters. The summed E-state index contributed by atoms with van der Waals surface area (Å²) in [6.45, 7) is 15.0. The molecule has 0 aromatic heterocycles. The zero-order valence-corrected chi connectivity index (χ0v) is 38.9. The number of hydrogen-bond donors (Lipinski definition) is 6. The molecule has 8 aliphatic rings. The predicted molar refractivity (Wildman–Crippen MR) is 201 cm³/mol. The zero-order valence-electron chi connectivity index (χ0n) is 36.1. The van der Waals surface area contributed by atoms with Gasteiger partial charge in [0.25, 0.3) is 0 Å². The Labute approximate surface area is 374 Å². The first kappa shape index (κ1) is 47.6. The van der Waals surface area contributed by atoms with Crippen LogP contribution >= 0.6 is 0 Å². The summed E-state index contributed by atoms with van der Waals surface area (Å²) in [5.74, 6) is -0.763. The molecule has 0 bridgehead atoms. The van der Waals surface area contributed by atoms with E-state index in [-0.39, 0.29) is 47.8 Å². The summed E-state index contributed by atoms with van der Waals surface area (Å²) < 4.78 is 76.1. The normalized spacial score (nSPS) is 53.2. The molecule has 4 aliphatic heterocycles. The van der Waals surface area contributed by atoms with Gasteiger partial charge in [0.15, 0.2) is 18.2 Å². The molecular weight excluding hydrogens is 819 g/mol. The fraction of sp³-hybridized carbons (Fsp3) is 0.927. The number of carbonyl (C=O) groups is 1. The predicted octanol–water partition coefficient (Wildman–Crippen LogP) is -1.90. The summed E-state index contributed by atoms with van der Waals surface area (Å²) in [5.41, 5.74) is -5.93. The van der Waals surface area contributed by atoms with E-state index in [1.807, 2.05) is 26.8 Å². The van der Waals surface area contributed by atoms with Gasteiger partial charge in [0.05, 0.1) is 30.5 Å². The van der Waals surface area contributed by atoms with E-state index < -0.39 is 135 Å². The van der Waals surface area contributed by atoms with Crippen LogP contribution in [-0.4, -0.2) is 147 Å². The number of aliphatic hydroxyl groups excluding tert-OH is 5. The number of esters is 1. The first-order valence-corrected chi connectivity index (χ1v) is 22.5. The second kappa shape index (κ2) is 15.4. The number of aliphatic hydroxyl groups is 6. The molecule has 0 amide bonds.